The third-order valence-corrected chi connectivity index (χ3v) is 3.77. The number of aryl methyl sites for hydroxylation is 1. The topological polar surface area (TPSA) is 43.6 Å². The summed E-state index contributed by atoms with van der Waals surface area (Å²) >= 11 is 0. The average molecular weight is 364 g/mol. The number of rotatable bonds is 5. The summed E-state index contributed by atoms with van der Waals surface area (Å²) < 4.78 is 53.2. The van der Waals surface area contributed by atoms with Gasteiger partial charge in [-0.05, 0) is 48.4 Å². The van der Waals surface area contributed by atoms with Crippen molar-refractivity contribution in [2.45, 2.75) is 32.5 Å². The van der Waals surface area contributed by atoms with Gasteiger partial charge >= 0.3 is 6.18 Å². The number of pyridine rings is 1. The molecule has 0 bridgehead atoms. The summed E-state index contributed by atoms with van der Waals surface area (Å²) in [5.74, 6) is 0.717. The maximum Gasteiger partial charge on any atom is 0.433 e. The molecule has 0 N–H and O–H groups in total. The second kappa shape index (κ2) is 7.23. The van der Waals surface area contributed by atoms with E-state index in [1.54, 1.807) is 16.8 Å². The van der Waals surface area contributed by atoms with Crippen LogP contribution < -0.4 is 0 Å². The fourth-order valence-electron chi connectivity index (χ4n) is 2.53. The summed E-state index contributed by atoms with van der Waals surface area (Å²) in [5, 5.41) is 4.40. The molecule has 0 atom stereocenters. The fraction of sp³-hybridized carbons (Fsp3) is 0.278. The Labute approximate surface area is 147 Å². The van der Waals surface area contributed by atoms with Crippen molar-refractivity contribution in [3.8, 4) is 11.4 Å². The Bertz CT molecular complexity index is 885. The first-order valence-corrected chi connectivity index (χ1v) is 8.08. The Morgan fingerprint density at radius 3 is 2.46 bits per heavy atom. The summed E-state index contributed by atoms with van der Waals surface area (Å²) in [4.78, 5) is 7.83. The largest absolute Gasteiger partial charge is 0.433 e. The monoisotopic (exact) mass is 364 g/mol. The van der Waals surface area contributed by atoms with Crippen LogP contribution in [0.5, 0.6) is 0 Å². The first-order valence-electron chi connectivity index (χ1n) is 8.08. The third kappa shape index (κ3) is 4.07. The molecule has 0 amide bonds. The van der Waals surface area contributed by atoms with Crippen LogP contribution in [-0.2, 0) is 19.1 Å². The predicted octanol–water partition coefficient (Wildman–Crippen LogP) is 4.50. The van der Waals surface area contributed by atoms with Crippen LogP contribution in [0.3, 0.4) is 0 Å². The molecule has 0 spiro atoms. The zero-order chi connectivity index (χ0) is 18.7. The summed E-state index contributed by atoms with van der Waals surface area (Å²) in [6.45, 7) is 2.12. The van der Waals surface area contributed by atoms with Crippen LogP contribution in [0.1, 0.15) is 30.4 Å². The van der Waals surface area contributed by atoms with Gasteiger partial charge in [-0.3, -0.25) is 4.98 Å². The standard InChI is InChI=1S/C18H16F4N4/c1-2-3-16-24-17(13-4-6-14(19)7-5-13)25-26(16)11-12-8-9-23-15(10-12)18(20,21)22/h4-10H,2-3,11H2,1H3. The minimum absolute atomic E-state index is 0.148. The van der Waals surface area contributed by atoms with Crippen LogP contribution in [0, 0.1) is 5.82 Å². The number of alkyl halides is 3. The van der Waals surface area contributed by atoms with E-state index in [4.69, 9.17) is 0 Å². The number of hydrogen-bond donors (Lipinski definition) is 0. The summed E-state index contributed by atoms with van der Waals surface area (Å²) in [7, 11) is 0. The molecule has 4 nitrogen and oxygen atoms in total. The van der Waals surface area contributed by atoms with Crippen LogP contribution in [0.2, 0.25) is 0 Å². The summed E-state index contributed by atoms with van der Waals surface area (Å²) in [5.41, 5.74) is 0.138. The van der Waals surface area contributed by atoms with Crippen LogP contribution in [0.4, 0.5) is 17.6 Å². The molecule has 0 saturated heterocycles. The van der Waals surface area contributed by atoms with Crippen molar-refractivity contribution in [2.24, 2.45) is 0 Å². The first kappa shape index (κ1) is 18.0. The van der Waals surface area contributed by atoms with Crippen LogP contribution in [-0.4, -0.2) is 19.7 Å². The Hall–Kier alpha value is -2.77. The van der Waals surface area contributed by atoms with E-state index in [1.165, 1.54) is 18.2 Å². The van der Waals surface area contributed by atoms with E-state index in [2.05, 4.69) is 15.1 Å². The van der Waals surface area contributed by atoms with Gasteiger partial charge in [-0.25, -0.2) is 14.1 Å². The number of hydrogen-bond acceptors (Lipinski definition) is 3. The zero-order valence-electron chi connectivity index (χ0n) is 14.0. The van der Waals surface area contributed by atoms with Gasteiger partial charge in [0.2, 0.25) is 0 Å². The van der Waals surface area contributed by atoms with E-state index in [0.717, 1.165) is 18.7 Å². The van der Waals surface area contributed by atoms with E-state index in [9.17, 15) is 17.6 Å². The molecule has 2 aromatic heterocycles. The van der Waals surface area contributed by atoms with E-state index in [-0.39, 0.29) is 12.4 Å². The fourth-order valence-corrected chi connectivity index (χ4v) is 2.53. The van der Waals surface area contributed by atoms with Gasteiger partial charge in [-0.1, -0.05) is 6.92 Å². The lowest BCUT2D eigenvalue weighted by Crippen LogP contribution is -2.11. The highest BCUT2D eigenvalue weighted by Crippen LogP contribution is 2.28. The Balaban J connectivity index is 1.93. The van der Waals surface area contributed by atoms with Crippen molar-refractivity contribution in [3.63, 3.8) is 0 Å². The molecule has 3 rings (SSSR count). The van der Waals surface area contributed by atoms with Crippen molar-refractivity contribution >= 4 is 0 Å². The molecule has 1 aromatic carbocycles. The number of nitrogens with zero attached hydrogens (tertiary/aromatic N) is 4. The smallest absolute Gasteiger partial charge is 0.252 e. The van der Waals surface area contributed by atoms with Gasteiger partial charge in [0, 0.05) is 18.2 Å². The van der Waals surface area contributed by atoms with Crippen LogP contribution in [0.15, 0.2) is 42.6 Å². The molecule has 0 aliphatic heterocycles. The van der Waals surface area contributed by atoms with Gasteiger partial charge < -0.3 is 0 Å². The van der Waals surface area contributed by atoms with E-state index in [0.29, 0.717) is 29.2 Å². The maximum atomic E-state index is 13.1. The maximum absolute atomic E-state index is 13.1. The lowest BCUT2D eigenvalue weighted by molar-refractivity contribution is -0.141. The molecule has 3 aromatic rings. The lowest BCUT2D eigenvalue weighted by atomic mass is 10.2. The molecule has 0 radical (unpaired) electrons. The van der Waals surface area contributed by atoms with Crippen molar-refractivity contribution in [1.82, 2.24) is 19.7 Å². The molecule has 0 aliphatic rings. The van der Waals surface area contributed by atoms with Crippen LogP contribution >= 0.6 is 0 Å². The highest BCUT2D eigenvalue weighted by Gasteiger charge is 2.32. The third-order valence-electron chi connectivity index (χ3n) is 3.77. The molecular weight excluding hydrogens is 348 g/mol. The van der Waals surface area contributed by atoms with Gasteiger partial charge in [-0.2, -0.15) is 18.3 Å². The van der Waals surface area contributed by atoms with Gasteiger partial charge in [0.15, 0.2) is 5.82 Å². The van der Waals surface area contributed by atoms with E-state index >= 15 is 0 Å². The first-order chi connectivity index (χ1) is 12.4. The average Bonchev–Trinajstić information content (AvgIpc) is 2.98. The second-order valence-corrected chi connectivity index (χ2v) is 5.81. The van der Waals surface area contributed by atoms with Crippen molar-refractivity contribution < 1.29 is 17.6 Å². The molecule has 136 valence electrons. The Morgan fingerprint density at radius 2 is 1.81 bits per heavy atom. The lowest BCUT2D eigenvalue weighted by Gasteiger charge is -2.09. The number of aromatic nitrogens is 4. The van der Waals surface area contributed by atoms with E-state index in [1.807, 2.05) is 6.92 Å². The number of halogens is 4. The molecule has 2 heterocycles. The molecular formula is C18H16F4N4. The molecule has 0 unspecified atom stereocenters. The molecule has 0 aliphatic carbocycles. The number of benzene rings is 1. The minimum atomic E-state index is -4.50. The quantitative estimate of drug-likeness (QED) is 0.626. The molecule has 8 heteroatoms. The molecule has 0 fully saturated rings. The molecule has 0 saturated carbocycles. The predicted molar refractivity (Wildman–Crippen MR) is 87.8 cm³/mol. The highest BCUT2D eigenvalue weighted by molar-refractivity contribution is 5.54. The van der Waals surface area contributed by atoms with Gasteiger partial charge in [-0.15, -0.1) is 0 Å². The van der Waals surface area contributed by atoms with Crippen LogP contribution in [0.25, 0.3) is 11.4 Å². The Kier molecular flexibility index (Phi) is 5.01. The molecule has 26 heavy (non-hydrogen) atoms. The summed E-state index contributed by atoms with van der Waals surface area (Å²) in [6, 6.07) is 8.29. The van der Waals surface area contributed by atoms with Gasteiger partial charge in [0.05, 0.1) is 6.54 Å². The van der Waals surface area contributed by atoms with Crippen molar-refractivity contribution in [3.05, 3.63) is 65.5 Å². The van der Waals surface area contributed by atoms with Gasteiger partial charge in [0.25, 0.3) is 0 Å². The van der Waals surface area contributed by atoms with E-state index < -0.39 is 11.9 Å². The van der Waals surface area contributed by atoms with Gasteiger partial charge in [0.1, 0.15) is 17.3 Å². The van der Waals surface area contributed by atoms with Crippen molar-refractivity contribution in [2.75, 3.05) is 0 Å². The normalized spacial score (nSPS) is 11.7. The summed E-state index contributed by atoms with van der Waals surface area (Å²) in [6.07, 6.45) is -1.92. The minimum Gasteiger partial charge on any atom is -0.252 e. The highest BCUT2D eigenvalue weighted by atomic mass is 19.4. The Morgan fingerprint density at radius 1 is 1.08 bits per heavy atom. The SMILES string of the molecule is CCCc1nc(-c2ccc(F)cc2)nn1Cc1ccnc(C(F)(F)F)c1. The van der Waals surface area contributed by atoms with Crippen molar-refractivity contribution in [1.29, 1.82) is 0 Å². The second-order valence-electron chi connectivity index (χ2n) is 5.81. The zero-order valence-corrected chi connectivity index (χ0v) is 14.0.